The van der Waals surface area contributed by atoms with Crippen LogP contribution in [0, 0.1) is 0 Å². The summed E-state index contributed by atoms with van der Waals surface area (Å²) in [5.74, 6) is -0.200. The summed E-state index contributed by atoms with van der Waals surface area (Å²) < 4.78 is 5.51. The van der Waals surface area contributed by atoms with Crippen molar-refractivity contribution in [2.24, 2.45) is 0 Å². The Hall–Kier alpha value is -3.06. The van der Waals surface area contributed by atoms with E-state index in [1.807, 2.05) is 17.0 Å². The van der Waals surface area contributed by atoms with Gasteiger partial charge < -0.3 is 15.0 Å². The van der Waals surface area contributed by atoms with Gasteiger partial charge in [0.25, 0.3) is 11.8 Å². The Labute approximate surface area is 185 Å². The van der Waals surface area contributed by atoms with Crippen LogP contribution in [0.5, 0.6) is 5.75 Å². The molecule has 0 aliphatic carbocycles. The van der Waals surface area contributed by atoms with Crippen molar-refractivity contribution in [1.82, 2.24) is 10.2 Å². The molecule has 2 aromatic carbocycles. The summed E-state index contributed by atoms with van der Waals surface area (Å²) in [6.07, 6.45) is 3.13. The Morgan fingerprint density at radius 1 is 1.03 bits per heavy atom. The van der Waals surface area contributed by atoms with Crippen molar-refractivity contribution < 1.29 is 19.1 Å². The molecule has 162 valence electrons. The summed E-state index contributed by atoms with van der Waals surface area (Å²) in [6.45, 7) is 1.51. The van der Waals surface area contributed by atoms with E-state index in [0.717, 1.165) is 37.9 Å². The lowest BCUT2D eigenvalue weighted by molar-refractivity contribution is -0.125. The third-order valence-electron chi connectivity index (χ3n) is 5.50. The minimum absolute atomic E-state index is 0.0623. The Kier molecular flexibility index (Phi) is 6.42. The topological polar surface area (TPSA) is 79.0 Å². The van der Waals surface area contributed by atoms with Crippen LogP contribution in [0.15, 0.2) is 42.5 Å². The third-order valence-corrected chi connectivity index (χ3v) is 5.75. The van der Waals surface area contributed by atoms with E-state index in [0.29, 0.717) is 28.6 Å². The highest BCUT2D eigenvalue weighted by atomic mass is 35.5. The molecule has 8 heteroatoms. The molecular formula is C23H24ClN3O4. The number of halogens is 1. The molecule has 2 heterocycles. The van der Waals surface area contributed by atoms with Crippen molar-refractivity contribution >= 4 is 35.0 Å². The van der Waals surface area contributed by atoms with E-state index in [1.54, 1.807) is 30.3 Å². The second-order valence-electron chi connectivity index (χ2n) is 7.71. The Morgan fingerprint density at radius 3 is 2.52 bits per heavy atom. The van der Waals surface area contributed by atoms with Gasteiger partial charge in [0, 0.05) is 30.2 Å². The van der Waals surface area contributed by atoms with E-state index in [1.165, 1.54) is 4.90 Å². The first-order chi connectivity index (χ1) is 15.0. The third kappa shape index (κ3) is 4.99. The average molecular weight is 442 g/mol. The number of carbonyl (C=O) groups is 3. The summed E-state index contributed by atoms with van der Waals surface area (Å²) in [4.78, 5) is 41.1. The molecule has 0 atom stereocenters. The van der Waals surface area contributed by atoms with Gasteiger partial charge in [-0.2, -0.15) is 0 Å². The number of hydrogen-bond donors (Lipinski definition) is 1. The molecule has 0 spiro atoms. The number of benzene rings is 2. The SMILES string of the molecule is O=C(CN1C(=O)COc2ccc(C(=O)N3CCCCC3)cc21)NCc1ccc(Cl)cc1. The molecule has 0 saturated carbocycles. The number of anilines is 1. The average Bonchev–Trinajstić information content (AvgIpc) is 2.80. The zero-order valence-corrected chi connectivity index (χ0v) is 17.9. The lowest BCUT2D eigenvalue weighted by Crippen LogP contribution is -2.45. The first-order valence-corrected chi connectivity index (χ1v) is 10.8. The van der Waals surface area contributed by atoms with E-state index in [4.69, 9.17) is 16.3 Å². The molecule has 7 nitrogen and oxygen atoms in total. The van der Waals surface area contributed by atoms with Crippen LogP contribution >= 0.6 is 11.6 Å². The molecule has 0 radical (unpaired) electrons. The lowest BCUT2D eigenvalue weighted by atomic mass is 10.1. The molecule has 1 fully saturated rings. The summed E-state index contributed by atoms with van der Waals surface area (Å²) in [5, 5.41) is 3.44. The van der Waals surface area contributed by atoms with Gasteiger partial charge in [0.15, 0.2) is 6.61 Å². The smallest absolute Gasteiger partial charge is 0.265 e. The fourth-order valence-electron chi connectivity index (χ4n) is 3.79. The zero-order chi connectivity index (χ0) is 21.8. The van der Waals surface area contributed by atoms with E-state index in [-0.39, 0.29) is 30.9 Å². The maximum Gasteiger partial charge on any atom is 0.265 e. The van der Waals surface area contributed by atoms with Gasteiger partial charge in [0.2, 0.25) is 5.91 Å². The number of piperidine rings is 1. The van der Waals surface area contributed by atoms with Crippen molar-refractivity contribution in [2.45, 2.75) is 25.8 Å². The van der Waals surface area contributed by atoms with Gasteiger partial charge in [-0.3, -0.25) is 19.3 Å². The first kappa shape index (κ1) is 21.2. The van der Waals surface area contributed by atoms with Gasteiger partial charge in [-0.05, 0) is 55.2 Å². The molecule has 0 bridgehead atoms. The van der Waals surface area contributed by atoms with Crippen LogP contribution in [0.3, 0.4) is 0 Å². The lowest BCUT2D eigenvalue weighted by Gasteiger charge is -2.30. The molecule has 2 aliphatic rings. The summed E-state index contributed by atoms with van der Waals surface area (Å²) in [5.41, 5.74) is 1.84. The van der Waals surface area contributed by atoms with Crippen molar-refractivity contribution in [2.75, 3.05) is 31.1 Å². The summed E-state index contributed by atoms with van der Waals surface area (Å²) >= 11 is 5.88. The molecule has 1 saturated heterocycles. The zero-order valence-electron chi connectivity index (χ0n) is 17.1. The molecule has 0 aromatic heterocycles. The number of amides is 3. The molecule has 2 aliphatic heterocycles. The minimum Gasteiger partial charge on any atom is -0.482 e. The van der Waals surface area contributed by atoms with Crippen molar-refractivity contribution in [3.63, 3.8) is 0 Å². The summed E-state index contributed by atoms with van der Waals surface area (Å²) in [6, 6.07) is 12.2. The van der Waals surface area contributed by atoms with E-state index < -0.39 is 0 Å². The van der Waals surface area contributed by atoms with E-state index in [2.05, 4.69) is 5.32 Å². The number of likely N-dealkylation sites (tertiary alicyclic amines) is 1. The number of carbonyl (C=O) groups excluding carboxylic acids is 3. The van der Waals surface area contributed by atoms with Crippen molar-refractivity contribution in [1.29, 1.82) is 0 Å². The number of rotatable bonds is 5. The van der Waals surface area contributed by atoms with Crippen LogP contribution < -0.4 is 15.0 Å². The first-order valence-electron chi connectivity index (χ1n) is 10.4. The van der Waals surface area contributed by atoms with Crippen LogP contribution in [0.4, 0.5) is 5.69 Å². The van der Waals surface area contributed by atoms with Crippen LogP contribution in [-0.2, 0) is 16.1 Å². The number of nitrogens with one attached hydrogen (secondary N) is 1. The molecular weight excluding hydrogens is 418 g/mol. The van der Waals surface area contributed by atoms with Gasteiger partial charge in [-0.1, -0.05) is 23.7 Å². The van der Waals surface area contributed by atoms with Crippen LogP contribution in [0.25, 0.3) is 0 Å². The highest BCUT2D eigenvalue weighted by Gasteiger charge is 2.29. The van der Waals surface area contributed by atoms with Gasteiger partial charge in [0.1, 0.15) is 12.3 Å². The standard InChI is InChI=1S/C23H24ClN3O4/c24-18-7-4-16(5-8-18)13-25-21(28)14-27-19-12-17(6-9-20(19)31-15-22(27)29)23(30)26-10-2-1-3-11-26/h4-9,12H,1-3,10-11,13-15H2,(H,25,28). The predicted octanol–water partition coefficient (Wildman–Crippen LogP) is 3.01. The van der Waals surface area contributed by atoms with Crippen molar-refractivity contribution in [3.8, 4) is 5.75 Å². The molecule has 1 N–H and O–H groups in total. The second kappa shape index (κ2) is 9.39. The molecule has 3 amide bonds. The highest BCUT2D eigenvalue weighted by molar-refractivity contribution is 6.30. The normalized spacial score (nSPS) is 15.8. The van der Waals surface area contributed by atoms with Crippen LogP contribution in [0.2, 0.25) is 5.02 Å². The Balaban J connectivity index is 1.47. The maximum absolute atomic E-state index is 12.9. The quantitative estimate of drug-likeness (QED) is 0.773. The van der Waals surface area contributed by atoms with Gasteiger partial charge >= 0.3 is 0 Å². The fourth-order valence-corrected chi connectivity index (χ4v) is 3.92. The van der Waals surface area contributed by atoms with Crippen LogP contribution in [0.1, 0.15) is 35.2 Å². The fraction of sp³-hybridized carbons (Fsp3) is 0.348. The van der Waals surface area contributed by atoms with Crippen LogP contribution in [-0.4, -0.2) is 48.9 Å². The maximum atomic E-state index is 12.9. The minimum atomic E-state index is -0.322. The molecule has 31 heavy (non-hydrogen) atoms. The number of hydrogen-bond acceptors (Lipinski definition) is 4. The molecule has 0 unspecified atom stereocenters. The van der Waals surface area contributed by atoms with Gasteiger partial charge in [-0.25, -0.2) is 0 Å². The number of fused-ring (bicyclic) bond motifs is 1. The second-order valence-corrected chi connectivity index (χ2v) is 8.14. The van der Waals surface area contributed by atoms with Crippen molar-refractivity contribution in [3.05, 3.63) is 58.6 Å². The monoisotopic (exact) mass is 441 g/mol. The van der Waals surface area contributed by atoms with Gasteiger partial charge in [-0.15, -0.1) is 0 Å². The Bertz CT molecular complexity index is 987. The predicted molar refractivity (Wildman–Crippen MR) is 117 cm³/mol. The molecule has 4 rings (SSSR count). The summed E-state index contributed by atoms with van der Waals surface area (Å²) in [7, 11) is 0. The van der Waals surface area contributed by atoms with Gasteiger partial charge in [0.05, 0.1) is 5.69 Å². The Morgan fingerprint density at radius 2 is 1.77 bits per heavy atom. The highest BCUT2D eigenvalue weighted by Crippen LogP contribution is 2.33. The molecule has 2 aromatic rings. The largest absolute Gasteiger partial charge is 0.482 e. The van der Waals surface area contributed by atoms with E-state index in [9.17, 15) is 14.4 Å². The number of ether oxygens (including phenoxy) is 1. The van der Waals surface area contributed by atoms with E-state index >= 15 is 0 Å². The number of nitrogens with zero attached hydrogens (tertiary/aromatic N) is 2.